The van der Waals surface area contributed by atoms with E-state index in [2.05, 4.69) is 48.4 Å². The predicted octanol–water partition coefficient (Wildman–Crippen LogP) is 6.20. The Morgan fingerprint density at radius 3 is 2.27 bits per heavy atom. The first-order chi connectivity index (χ1) is 21.8. The van der Waals surface area contributed by atoms with Crippen molar-refractivity contribution in [3.05, 3.63) is 123 Å². The van der Waals surface area contributed by atoms with Crippen molar-refractivity contribution < 1.29 is 29.2 Å². The second kappa shape index (κ2) is 14.8. The number of nitrogens with zero attached hydrogens (tertiary/aromatic N) is 1. The summed E-state index contributed by atoms with van der Waals surface area (Å²) in [6.45, 7) is 3.65. The maximum absolute atomic E-state index is 13.4. The van der Waals surface area contributed by atoms with E-state index in [0.717, 1.165) is 33.0 Å². The molecule has 0 fully saturated rings. The molecule has 0 aliphatic carbocycles. The van der Waals surface area contributed by atoms with Crippen molar-refractivity contribution in [2.24, 2.45) is 0 Å². The highest BCUT2D eigenvalue weighted by molar-refractivity contribution is 7.09. The van der Waals surface area contributed by atoms with Crippen molar-refractivity contribution in [2.75, 3.05) is 19.8 Å². The van der Waals surface area contributed by atoms with Gasteiger partial charge in [0, 0.05) is 29.1 Å². The van der Waals surface area contributed by atoms with Gasteiger partial charge in [-0.3, -0.25) is 0 Å². The summed E-state index contributed by atoms with van der Waals surface area (Å²) in [6.07, 6.45) is 0. The van der Waals surface area contributed by atoms with Crippen LogP contribution in [0, 0.1) is 19.7 Å². The second-order valence-corrected chi connectivity index (χ2v) is 11.9. The molecule has 4 aromatic carbocycles. The number of aryl methyl sites for hydroxylation is 1. The van der Waals surface area contributed by atoms with E-state index in [1.54, 1.807) is 12.1 Å². The van der Waals surface area contributed by atoms with Gasteiger partial charge in [-0.05, 0) is 72.0 Å². The molecule has 5 aromatic rings. The summed E-state index contributed by atoms with van der Waals surface area (Å²) >= 11 is 1.44. The molecule has 45 heavy (non-hydrogen) atoms. The van der Waals surface area contributed by atoms with Gasteiger partial charge in [-0.15, -0.1) is 11.3 Å². The van der Waals surface area contributed by atoms with Crippen LogP contribution in [0.3, 0.4) is 0 Å². The first kappa shape index (κ1) is 32.3. The molecule has 0 saturated heterocycles. The third-order valence-electron chi connectivity index (χ3n) is 7.92. The first-order valence-electron chi connectivity index (χ1n) is 14.7. The average Bonchev–Trinajstić information content (AvgIpc) is 3.54. The number of halogens is 1. The minimum absolute atomic E-state index is 0.186. The van der Waals surface area contributed by atoms with Crippen molar-refractivity contribution in [2.45, 2.75) is 39.1 Å². The molecule has 5 rings (SSSR count). The molecule has 0 bridgehead atoms. The fraction of sp³-hybridized carbons (Fsp3) is 0.250. The van der Waals surface area contributed by atoms with Crippen molar-refractivity contribution in [3.8, 4) is 33.9 Å². The van der Waals surface area contributed by atoms with Crippen LogP contribution >= 0.6 is 11.3 Å². The van der Waals surface area contributed by atoms with E-state index in [4.69, 9.17) is 9.47 Å². The lowest BCUT2D eigenvalue weighted by Crippen LogP contribution is -2.54. The lowest BCUT2D eigenvalue weighted by atomic mass is 9.94. The van der Waals surface area contributed by atoms with E-state index in [9.17, 15) is 19.7 Å². The van der Waals surface area contributed by atoms with Crippen LogP contribution < -0.4 is 14.8 Å². The van der Waals surface area contributed by atoms with Gasteiger partial charge in [0.05, 0.1) is 31.1 Å². The molecule has 1 heterocycles. The molecule has 0 radical (unpaired) electrons. The summed E-state index contributed by atoms with van der Waals surface area (Å²) in [5.41, 5.74) is 6.84. The Morgan fingerprint density at radius 1 is 0.800 bits per heavy atom. The normalized spacial score (nSPS) is 11.5. The van der Waals surface area contributed by atoms with E-state index in [-0.39, 0.29) is 19.0 Å². The van der Waals surface area contributed by atoms with Gasteiger partial charge >= 0.3 is 0 Å². The number of aliphatic hydroxyl groups excluding tert-OH is 3. The van der Waals surface area contributed by atoms with Crippen LogP contribution in [-0.2, 0) is 19.8 Å². The summed E-state index contributed by atoms with van der Waals surface area (Å²) in [7, 11) is 0. The van der Waals surface area contributed by atoms with Crippen LogP contribution in [0.4, 0.5) is 4.39 Å². The van der Waals surface area contributed by atoms with Crippen LogP contribution in [0.15, 0.2) is 90.3 Å². The SMILES string of the molecule is Cc1ccccc1-c1cccc(COc2ccc(CNC(CO)(CO)CO)c(OCc3nc(-c4ccc(F)cc4)cs3)c2)c1C. The number of aromatic nitrogens is 1. The summed E-state index contributed by atoms with van der Waals surface area (Å²) < 4.78 is 25.9. The summed E-state index contributed by atoms with van der Waals surface area (Å²) in [5, 5.41) is 35.0. The van der Waals surface area contributed by atoms with Crippen LogP contribution in [0.1, 0.15) is 27.3 Å². The number of thiazole rings is 1. The Labute approximate surface area is 266 Å². The molecule has 0 atom stereocenters. The molecule has 0 aliphatic rings. The van der Waals surface area contributed by atoms with E-state index in [1.807, 2.05) is 41.8 Å². The number of benzene rings is 4. The molecular weight excluding hydrogens is 591 g/mol. The van der Waals surface area contributed by atoms with Crippen molar-refractivity contribution in [1.29, 1.82) is 0 Å². The van der Waals surface area contributed by atoms with Crippen molar-refractivity contribution in [3.63, 3.8) is 0 Å². The average molecular weight is 629 g/mol. The van der Waals surface area contributed by atoms with Gasteiger partial charge in [0.25, 0.3) is 0 Å². The quantitative estimate of drug-likeness (QED) is 0.116. The molecule has 1 aromatic heterocycles. The number of nitrogens with one attached hydrogen (secondary N) is 1. The highest BCUT2D eigenvalue weighted by Crippen LogP contribution is 2.31. The Morgan fingerprint density at radius 2 is 1.53 bits per heavy atom. The maximum atomic E-state index is 13.4. The van der Waals surface area contributed by atoms with Gasteiger partial charge in [0.1, 0.15) is 35.5 Å². The van der Waals surface area contributed by atoms with Crippen LogP contribution in [0.2, 0.25) is 0 Å². The number of rotatable bonds is 14. The lowest BCUT2D eigenvalue weighted by molar-refractivity contribution is 0.0412. The molecule has 9 heteroatoms. The zero-order chi connectivity index (χ0) is 31.8. The number of aliphatic hydroxyl groups is 3. The lowest BCUT2D eigenvalue weighted by Gasteiger charge is -2.29. The van der Waals surface area contributed by atoms with E-state index in [0.29, 0.717) is 18.1 Å². The van der Waals surface area contributed by atoms with Gasteiger partial charge < -0.3 is 30.1 Å². The first-order valence-corrected chi connectivity index (χ1v) is 15.5. The summed E-state index contributed by atoms with van der Waals surface area (Å²) in [6, 6.07) is 26.2. The third-order valence-corrected chi connectivity index (χ3v) is 8.74. The standard InChI is InChI=1S/C36H37FN2O5S/c1-24-6-3-4-8-31(24)32-9-5-7-28(25(32)2)18-43-30-15-12-27(17-38-36(21-40,22-41)23-42)34(16-30)44-19-35-39-33(20-45-35)26-10-13-29(37)14-11-26/h3-16,20,38,40-42H,17-19,21-23H2,1-2H3. The molecule has 0 saturated carbocycles. The van der Waals surface area contributed by atoms with Crippen molar-refractivity contribution in [1.82, 2.24) is 10.3 Å². The zero-order valence-electron chi connectivity index (χ0n) is 25.3. The Balaban J connectivity index is 1.35. The predicted molar refractivity (Wildman–Crippen MR) is 175 cm³/mol. The third kappa shape index (κ3) is 7.76. The Kier molecular flexibility index (Phi) is 10.6. The highest BCUT2D eigenvalue weighted by Gasteiger charge is 2.27. The van der Waals surface area contributed by atoms with Gasteiger partial charge in [-0.25, -0.2) is 9.37 Å². The zero-order valence-corrected chi connectivity index (χ0v) is 26.1. The van der Waals surface area contributed by atoms with E-state index >= 15 is 0 Å². The van der Waals surface area contributed by atoms with Gasteiger partial charge in [-0.1, -0.05) is 48.5 Å². The van der Waals surface area contributed by atoms with Crippen LogP contribution in [0.25, 0.3) is 22.4 Å². The minimum atomic E-state index is -1.24. The fourth-order valence-corrected chi connectivity index (χ4v) is 5.66. The van der Waals surface area contributed by atoms with Gasteiger partial charge in [0.15, 0.2) is 0 Å². The van der Waals surface area contributed by atoms with Crippen LogP contribution in [0.5, 0.6) is 11.5 Å². The maximum Gasteiger partial charge on any atom is 0.140 e. The Hall–Kier alpha value is -4.12. The van der Waals surface area contributed by atoms with Gasteiger partial charge in [0.2, 0.25) is 0 Å². The number of ether oxygens (including phenoxy) is 2. The second-order valence-electron chi connectivity index (χ2n) is 11.0. The molecule has 7 nitrogen and oxygen atoms in total. The Bertz CT molecular complexity index is 1710. The number of hydrogen-bond acceptors (Lipinski definition) is 8. The molecule has 0 aliphatic heterocycles. The molecule has 0 spiro atoms. The largest absolute Gasteiger partial charge is 0.489 e. The molecule has 0 unspecified atom stereocenters. The van der Waals surface area contributed by atoms with Gasteiger partial charge in [-0.2, -0.15) is 0 Å². The van der Waals surface area contributed by atoms with E-state index in [1.165, 1.54) is 40.2 Å². The molecule has 234 valence electrons. The fourth-order valence-electron chi connectivity index (χ4n) is 4.94. The topological polar surface area (TPSA) is 104 Å². The summed E-state index contributed by atoms with van der Waals surface area (Å²) in [5.74, 6) is 0.840. The molecule has 0 amide bonds. The summed E-state index contributed by atoms with van der Waals surface area (Å²) in [4.78, 5) is 4.65. The number of hydrogen-bond donors (Lipinski definition) is 4. The molecule has 4 N–H and O–H groups in total. The smallest absolute Gasteiger partial charge is 0.140 e. The van der Waals surface area contributed by atoms with Crippen molar-refractivity contribution >= 4 is 11.3 Å². The van der Waals surface area contributed by atoms with E-state index < -0.39 is 25.4 Å². The monoisotopic (exact) mass is 628 g/mol. The highest BCUT2D eigenvalue weighted by atomic mass is 32.1. The van der Waals surface area contributed by atoms with Crippen LogP contribution in [-0.4, -0.2) is 45.7 Å². The minimum Gasteiger partial charge on any atom is -0.489 e. The molecular formula is C36H37FN2O5S.